The van der Waals surface area contributed by atoms with Gasteiger partial charge in [0.25, 0.3) is 0 Å². The largest absolute Gasteiger partial charge is 0.392 e. The Kier molecular flexibility index (Phi) is 5.00. The number of aliphatic hydroxyl groups is 1. The van der Waals surface area contributed by atoms with E-state index in [9.17, 15) is 4.39 Å². The fraction of sp³-hybridized carbons (Fsp3) is 0.0833. The molecule has 0 aliphatic rings. The molecule has 0 unspecified atom stereocenters. The van der Waals surface area contributed by atoms with E-state index < -0.39 is 5.95 Å². The Morgan fingerprint density at radius 2 is 1.40 bits per heavy atom. The molecule has 0 saturated carbocycles. The van der Waals surface area contributed by atoms with Crippen LogP contribution in [0.3, 0.4) is 0 Å². The summed E-state index contributed by atoms with van der Waals surface area (Å²) in [6.45, 7) is -0.364. The van der Waals surface area contributed by atoms with E-state index in [1.807, 2.05) is 0 Å². The Labute approximate surface area is 139 Å². The molecule has 1 aromatic heterocycles. The van der Waals surface area contributed by atoms with Crippen molar-refractivity contribution in [1.82, 2.24) is 4.98 Å². The number of nitrogens with zero attached hydrogens (tertiary/aromatic N) is 1. The van der Waals surface area contributed by atoms with Gasteiger partial charge in [-0.2, -0.15) is 4.39 Å². The summed E-state index contributed by atoms with van der Waals surface area (Å²) in [4.78, 5) is 3.68. The number of aliphatic hydroxyl groups excluding tert-OH is 1. The van der Waals surface area contributed by atoms with Crippen molar-refractivity contribution in [3.8, 4) is 11.3 Å². The van der Waals surface area contributed by atoms with Crippen molar-refractivity contribution in [3.05, 3.63) is 48.8 Å². The molecule has 1 aromatic carbocycles. The van der Waals surface area contributed by atoms with Crippen LogP contribution in [0.5, 0.6) is 0 Å². The van der Waals surface area contributed by atoms with E-state index in [2.05, 4.69) is 4.98 Å². The standard InChI is InChI=1S/C12H5Cl5FNO/c13-8-7(9(14)11(16)12(17)10(8)15)5-1-4(3-20)2-6(18)19-5/h1-2,20H,3H2. The lowest BCUT2D eigenvalue weighted by atomic mass is 10.1. The van der Waals surface area contributed by atoms with Gasteiger partial charge in [0.1, 0.15) is 0 Å². The van der Waals surface area contributed by atoms with Crippen molar-refractivity contribution >= 4 is 58.0 Å². The second kappa shape index (κ2) is 6.22. The van der Waals surface area contributed by atoms with Crippen LogP contribution in [0.25, 0.3) is 11.3 Å². The molecule has 0 saturated heterocycles. The predicted octanol–water partition coefficient (Wildman–Crippen LogP) is 5.65. The minimum atomic E-state index is -0.791. The number of aromatic nitrogens is 1. The smallest absolute Gasteiger partial charge is 0.213 e. The minimum absolute atomic E-state index is 0.00524. The van der Waals surface area contributed by atoms with Gasteiger partial charge in [0.2, 0.25) is 5.95 Å². The quantitative estimate of drug-likeness (QED) is 0.418. The second-order valence-corrected chi connectivity index (χ2v) is 5.68. The van der Waals surface area contributed by atoms with Crippen molar-refractivity contribution in [2.45, 2.75) is 6.61 Å². The van der Waals surface area contributed by atoms with Crippen LogP contribution >= 0.6 is 58.0 Å². The highest BCUT2D eigenvalue weighted by Crippen LogP contribution is 2.47. The molecule has 1 N–H and O–H groups in total. The van der Waals surface area contributed by atoms with Gasteiger partial charge in [-0.25, -0.2) is 4.98 Å². The molecule has 0 radical (unpaired) electrons. The highest BCUT2D eigenvalue weighted by Gasteiger charge is 2.21. The molecule has 0 spiro atoms. The van der Waals surface area contributed by atoms with Crippen molar-refractivity contribution in [2.24, 2.45) is 0 Å². The molecule has 0 aliphatic carbocycles. The van der Waals surface area contributed by atoms with Gasteiger partial charge in [0.15, 0.2) is 0 Å². The molecule has 2 nitrogen and oxygen atoms in total. The van der Waals surface area contributed by atoms with Gasteiger partial charge in [-0.15, -0.1) is 0 Å². The molecule has 0 fully saturated rings. The lowest BCUT2D eigenvalue weighted by Crippen LogP contribution is -1.95. The van der Waals surface area contributed by atoms with Crippen LogP contribution in [0.15, 0.2) is 12.1 Å². The highest BCUT2D eigenvalue weighted by atomic mass is 35.5. The van der Waals surface area contributed by atoms with Crippen LogP contribution in [0.2, 0.25) is 25.1 Å². The van der Waals surface area contributed by atoms with Crippen molar-refractivity contribution < 1.29 is 9.50 Å². The maximum atomic E-state index is 13.4. The topological polar surface area (TPSA) is 33.1 Å². The molecule has 0 atom stereocenters. The Bertz CT molecular complexity index is 663. The van der Waals surface area contributed by atoms with Gasteiger partial charge < -0.3 is 5.11 Å². The Balaban J connectivity index is 2.79. The summed E-state index contributed by atoms with van der Waals surface area (Å²) in [6, 6.07) is 2.52. The van der Waals surface area contributed by atoms with E-state index in [0.717, 1.165) is 6.07 Å². The third-order valence-corrected chi connectivity index (χ3v) is 4.78. The van der Waals surface area contributed by atoms with Crippen molar-refractivity contribution in [2.75, 3.05) is 0 Å². The zero-order valence-electron chi connectivity index (χ0n) is 9.52. The lowest BCUT2D eigenvalue weighted by molar-refractivity contribution is 0.281. The molecule has 20 heavy (non-hydrogen) atoms. The van der Waals surface area contributed by atoms with Gasteiger partial charge in [-0.1, -0.05) is 58.0 Å². The first-order valence-corrected chi connectivity index (χ1v) is 7.05. The van der Waals surface area contributed by atoms with Crippen molar-refractivity contribution in [1.29, 1.82) is 0 Å². The molecule has 106 valence electrons. The summed E-state index contributed by atoms with van der Waals surface area (Å²) < 4.78 is 13.4. The maximum Gasteiger partial charge on any atom is 0.213 e. The predicted molar refractivity (Wildman–Crippen MR) is 80.6 cm³/mol. The molecular weight excluding hydrogens is 370 g/mol. The van der Waals surface area contributed by atoms with Crippen molar-refractivity contribution in [3.63, 3.8) is 0 Å². The first-order chi connectivity index (χ1) is 9.36. The van der Waals surface area contributed by atoms with E-state index in [-0.39, 0.29) is 43.0 Å². The van der Waals surface area contributed by atoms with E-state index >= 15 is 0 Å². The Morgan fingerprint density at radius 3 is 1.90 bits per heavy atom. The van der Waals surface area contributed by atoms with Crippen LogP contribution in [0.4, 0.5) is 4.39 Å². The van der Waals surface area contributed by atoms with E-state index in [0.29, 0.717) is 5.56 Å². The average Bonchev–Trinajstić information content (AvgIpc) is 2.42. The van der Waals surface area contributed by atoms with Crippen LogP contribution in [0, 0.1) is 5.95 Å². The molecule has 2 rings (SSSR count). The minimum Gasteiger partial charge on any atom is -0.392 e. The molecule has 1 heterocycles. The fourth-order valence-electron chi connectivity index (χ4n) is 1.60. The maximum absolute atomic E-state index is 13.4. The second-order valence-electron chi connectivity index (χ2n) is 3.79. The number of rotatable bonds is 2. The first-order valence-electron chi connectivity index (χ1n) is 5.16. The zero-order chi connectivity index (χ0) is 15.0. The molecule has 8 heteroatoms. The van der Waals surface area contributed by atoms with E-state index in [1.165, 1.54) is 6.07 Å². The summed E-state index contributed by atoms with van der Waals surface area (Å²) in [5.41, 5.74) is 0.563. The Hall–Kier alpha value is -0.290. The summed E-state index contributed by atoms with van der Waals surface area (Å²) in [5.74, 6) is -0.791. The third kappa shape index (κ3) is 2.84. The number of pyridine rings is 1. The van der Waals surface area contributed by atoms with Gasteiger partial charge in [-0.3, -0.25) is 0 Å². The normalized spacial score (nSPS) is 10.9. The number of halogens is 6. The third-order valence-electron chi connectivity index (χ3n) is 2.50. The molecule has 0 aliphatic heterocycles. The number of hydrogen-bond acceptors (Lipinski definition) is 2. The summed E-state index contributed by atoms with van der Waals surface area (Å²) in [5, 5.41) is 9.10. The summed E-state index contributed by atoms with van der Waals surface area (Å²) >= 11 is 29.9. The average molecular weight is 375 g/mol. The van der Waals surface area contributed by atoms with E-state index in [1.54, 1.807) is 0 Å². The number of benzene rings is 1. The first kappa shape index (κ1) is 16.1. The summed E-state index contributed by atoms with van der Waals surface area (Å²) in [7, 11) is 0. The van der Waals surface area contributed by atoms with Gasteiger partial charge in [-0.05, 0) is 17.7 Å². The Morgan fingerprint density at radius 1 is 0.900 bits per heavy atom. The number of hydrogen-bond donors (Lipinski definition) is 1. The zero-order valence-corrected chi connectivity index (χ0v) is 13.3. The van der Waals surface area contributed by atoms with Gasteiger partial charge in [0.05, 0.1) is 37.4 Å². The lowest BCUT2D eigenvalue weighted by Gasteiger charge is -2.12. The molecule has 0 bridgehead atoms. The van der Waals surface area contributed by atoms with Crippen LogP contribution in [-0.4, -0.2) is 10.1 Å². The van der Waals surface area contributed by atoms with E-state index in [4.69, 9.17) is 63.1 Å². The fourth-order valence-corrected chi connectivity index (χ4v) is 2.93. The monoisotopic (exact) mass is 373 g/mol. The van der Waals surface area contributed by atoms with Crippen LogP contribution in [0.1, 0.15) is 5.56 Å². The van der Waals surface area contributed by atoms with Gasteiger partial charge in [0, 0.05) is 5.56 Å². The van der Waals surface area contributed by atoms with Crippen LogP contribution < -0.4 is 0 Å². The molecule has 0 amide bonds. The van der Waals surface area contributed by atoms with Gasteiger partial charge >= 0.3 is 0 Å². The van der Waals surface area contributed by atoms with Crippen LogP contribution in [-0.2, 0) is 6.61 Å². The SMILES string of the molecule is OCc1cc(F)nc(-c2c(Cl)c(Cl)c(Cl)c(Cl)c2Cl)c1. The highest BCUT2D eigenvalue weighted by molar-refractivity contribution is 6.56. The summed E-state index contributed by atoms with van der Waals surface area (Å²) in [6.07, 6.45) is 0. The molecule has 2 aromatic rings. The molecular formula is C12H5Cl5FNO.